The van der Waals surface area contributed by atoms with E-state index in [0.29, 0.717) is 13.0 Å². The number of rotatable bonds is 44. The first-order valence-electron chi connectivity index (χ1n) is 22.7. The van der Waals surface area contributed by atoms with Gasteiger partial charge in [-0.3, -0.25) is 13.8 Å². The minimum atomic E-state index is -4.27. The number of esters is 1. The lowest BCUT2D eigenvalue weighted by Gasteiger charge is -2.20. The highest BCUT2D eigenvalue weighted by Crippen LogP contribution is 2.43. The minimum Gasteiger partial charge on any atom is -0.457 e. The van der Waals surface area contributed by atoms with Gasteiger partial charge in [0, 0.05) is 19.6 Å². The van der Waals surface area contributed by atoms with E-state index in [4.69, 9.17) is 24.3 Å². The second-order valence-corrected chi connectivity index (χ2v) is 16.7. The Morgan fingerprint density at radius 3 is 1.40 bits per heavy atom. The normalized spacial score (nSPS) is 13.5. The molecule has 2 atom stereocenters. The first-order valence-corrected chi connectivity index (χ1v) is 24.2. The maximum atomic E-state index is 12.6. The summed E-state index contributed by atoms with van der Waals surface area (Å²) in [7, 11) is -4.27. The molecule has 0 rings (SSSR count). The summed E-state index contributed by atoms with van der Waals surface area (Å²) < 4.78 is 33.4. The van der Waals surface area contributed by atoms with Crippen LogP contribution in [-0.4, -0.2) is 49.9 Å². The zero-order valence-electron chi connectivity index (χ0n) is 35.0. The molecule has 0 aromatic carbocycles. The number of ether oxygens (including phenoxy) is 2. The van der Waals surface area contributed by atoms with Gasteiger partial charge in [0.25, 0.3) is 0 Å². The van der Waals surface area contributed by atoms with Gasteiger partial charge in [0.1, 0.15) is 6.10 Å². The lowest BCUT2D eigenvalue weighted by Crippen LogP contribution is -2.28. The van der Waals surface area contributed by atoms with E-state index >= 15 is 0 Å². The van der Waals surface area contributed by atoms with Crippen LogP contribution in [0.1, 0.15) is 226 Å². The second-order valence-electron chi connectivity index (χ2n) is 15.3. The summed E-state index contributed by atoms with van der Waals surface area (Å²) in [6.45, 7) is 4.94. The smallest absolute Gasteiger partial charge is 0.457 e. The van der Waals surface area contributed by atoms with E-state index in [1.807, 2.05) is 0 Å². The number of carbonyl (C=O) groups is 1. The molecule has 0 heterocycles. The first-order chi connectivity index (χ1) is 25.9. The Bertz CT molecular complexity index is 828. The van der Waals surface area contributed by atoms with Crippen LogP contribution in [0.3, 0.4) is 0 Å². The van der Waals surface area contributed by atoms with E-state index in [-0.39, 0.29) is 32.3 Å². The van der Waals surface area contributed by atoms with Crippen molar-refractivity contribution < 1.29 is 32.8 Å². The second kappa shape index (κ2) is 42.4. The van der Waals surface area contributed by atoms with Gasteiger partial charge in [0.05, 0.1) is 19.8 Å². The average Bonchev–Trinajstić information content (AvgIpc) is 3.15. The van der Waals surface area contributed by atoms with E-state index < -0.39 is 13.9 Å². The number of phosphoric acid groups is 1. The van der Waals surface area contributed by atoms with Crippen molar-refractivity contribution in [3.05, 3.63) is 12.2 Å². The van der Waals surface area contributed by atoms with Crippen molar-refractivity contribution in [1.82, 2.24) is 0 Å². The monoisotopic (exact) mass is 774 g/mol. The number of hydrogen-bond acceptors (Lipinski definition) is 7. The van der Waals surface area contributed by atoms with Crippen LogP contribution in [0, 0.1) is 0 Å². The molecule has 0 aromatic rings. The van der Waals surface area contributed by atoms with E-state index in [1.165, 1.54) is 173 Å². The molecule has 3 N–H and O–H groups in total. The van der Waals surface area contributed by atoms with Crippen LogP contribution in [0.15, 0.2) is 12.2 Å². The molecule has 0 amide bonds. The van der Waals surface area contributed by atoms with Crippen molar-refractivity contribution in [2.75, 3.05) is 33.0 Å². The first kappa shape index (κ1) is 52.2. The Labute approximate surface area is 328 Å². The number of nitrogens with two attached hydrogens (primary N) is 1. The lowest BCUT2D eigenvalue weighted by molar-refractivity contribution is -0.154. The van der Waals surface area contributed by atoms with Crippen LogP contribution in [0.25, 0.3) is 0 Å². The third-order valence-electron chi connectivity index (χ3n) is 9.93. The predicted octanol–water partition coefficient (Wildman–Crippen LogP) is 13.5. The van der Waals surface area contributed by atoms with Gasteiger partial charge < -0.3 is 20.1 Å². The van der Waals surface area contributed by atoms with Gasteiger partial charge in [0.15, 0.2) is 0 Å². The fourth-order valence-corrected chi connectivity index (χ4v) is 7.35. The molecule has 9 heteroatoms. The maximum absolute atomic E-state index is 12.6. The molecule has 0 saturated heterocycles. The van der Waals surface area contributed by atoms with Crippen molar-refractivity contribution in [2.45, 2.75) is 232 Å². The predicted molar refractivity (Wildman–Crippen MR) is 224 cm³/mol. The van der Waals surface area contributed by atoms with Crippen molar-refractivity contribution in [3.63, 3.8) is 0 Å². The average molecular weight is 774 g/mol. The Morgan fingerprint density at radius 2 is 0.943 bits per heavy atom. The van der Waals surface area contributed by atoms with E-state index in [9.17, 15) is 14.3 Å². The fourth-order valence-electron chi connectivity index (χ4n) is 6.58. The van der Waals surface area contributed by atoms with Gasteiger partial charge in [-0.05, 0) is 38.5 Å². The Morgan fingerprint density at radius 1 is 0.547 bits per heavy atom. The molecule has 0 spiro atoms. The summed E-state index contributed by atoms with van der Waals surface area (Å²) in [6.07, 6.45) is 45.2. The van der Waals surface area contributed by atoms with Crippen LogP contribution in [0.5, 0.6) is 0 Å². The van der Waals surface area contributed by atoms with Gasteiger partial charge in [0.2, 0.25) is 0 Å². The number of phosphoric ester groups is 1. The minimum absolute atomic E-state index is 0.0933. The third kappa shape index (κ3) is 42.2. The van der Waals surface area contributed by atoms with Crippen LogP contribution in [-0.2, 0) is 27.9 Å². The molecule has 0 fully saturated rings. The highest BCUT2D eigenvalue weighted by molar-refractivity contribution is 7.47. The zero-order chi connectivity index (χ0) is 38.8. The van der Waals surface area contributed by atoms with Crippen molar-refractivity contribution in [3.8, 4) is 0 Å². The number of carbonyl (C=O) groups excluding carboxylic acids is 1. The van der Waals surface area contributed by atoms with Crippen molar-refractivity contribution in [1.29, 1.82) is 0 Å². The summed E-state index contributed by atoms with van der Waals surface area (Å²) in [6, 6.07) is 0. The molecular weight excluding hydrogens is 685 g/mol. The van der Waals surface area contributed by atoms with Gasteiger partial charge in [-0.2, -0.15) is 0 Å². The number of allylic oxidation sites excluding steroid dienone is 2. The maximum Gasteiger partial charge on any atom is 0.472 e. The molecule has 0 aliphatic carbocycles. The molecule has 2 unspecified atom stereocenters. The van der Waals surface area contributed by atoms with Crippen LogP contribution in [0.4, 0.5) is 0 Å². The third-order valence-corrected chi connectivity index (χ3v) is 10.9. The molecular formula is C44H88NO7P. The zero-order valence-corrected chi connectivity index (χ0v) is 35.9. The number of unbranched alkanes of at least 4 members (excludes halogenated alkanes) is 29. The van der Waals surface area contributed by atoms with Gasteiger partial charge in [-0.25, -0.2) is 4.57 Å². The summed E-state index contributed by atoms with van der Waals surface area (Å²) in [5.74, 6) is -0.327. The fraction of sp³-hybridized carbons (Fsp3) is 0.932. The lowest BCUT2D eigenvalue weighted by atomic mass is 10.0. The summed E-state index contributed by atoms with van der Waals surface area (Å²) in [4.78, 5) is 22.5. The quantitative estimate of drug-likeness (QED) is 0.0272. The van der Waals surface area contributed by atoms with E-state index in [1.54, 1.807) is 0 Å². The van der Waals surface area contributed by atoms with E-state index in [0.717, 1.165) is 32.1 Å². The highest BCUT2D eigenvalue weighted by atomic mass is 31.2. The van der Waals surface area contributed by atoms with Crippen LogP contribution >= 0.6 is 7.82 Å². The largest absolute Gasteiger partial charge is 0.472 e. The Hall–Kier alpha value is -0.760. The van der Waals surface area contributed by atoms with Gasteiger partial charge in [-0.1, -0.05) is 193 Å². The van der Waals surface area contributed by atoms with Crippen molar-refractivity contribution in [2.24, 2.45) is 5.73 Å². The molecule has 8 nitrogen and oxygen atoms in total. The Balaban J connectivity index is 3.95. The SMILES string of the molecule is CCCCCC/C=C\CCCCCCCCOCC(COP(=O)(O)OCCN)OC(=O)CCCCCCCCCCCCCCCCCCCCCC. The van der Waals surface area contributed by atoms with Crippen LogP contribution in [0.2, 0.25) is 0 Å². The molecule has 0 saturated carbocycles. The Kier molecular flexibility index (Phi) is 41.8. The standard InChI is InChI=1S/C44H88NO7P/c1-3-5-7-9-11-13-15-17-19-20-21-22-23-24-25-27-29-31-33-35-37-44(46)52-43(42-51-53(47,48)50-40-38-45)41-49-39-36-34-32-30-28-26-18-16-14-12-10-8-6-4-2/h14,16,43H,3-13,15,17-42,45H2,1-2H3,(H,47,48)/b16-14-. The molecule has 53 heavy (non-hydrogen) atoms. The molecule has 0 aliphatic rings. The summed E-state index contributed by atoms with van der Waals surface area (Å²) in [5.41, 5.74) is 5.37. The number of hydrogen-bond donors (Lipinski definition) is 2. The molecule has 0 bridgehead atoms. The topological polar surface area (TPSA) is 117 Å². The van der Waals surface area contributed by atoms with Crippen LogP contribution < -0.4 is 5.73 Å². The highest BCUT2D eigenvalue weighted by Gasteiger charge is 2.25. The molecule has 0 radical (unpaired) electrons. The van der Waals surface area contributed by atoms with Crippen molar-refractivity contribution >= 4 is 13.8 Å². The summed E-state index contributed by atoms with van der Waals surface area (Å²) >= 11 is 0. The molecule has 316 valence electrons. The molecule has 0 aromatic heterocycles. The van der Waals surface area contributed by atoms with Gasteiger partial charge >= 0.3 is 13.8 Å². The molecule has 0 aliphatic heterocycles. The van der Waals surface area contributed by atoms with Gasteiger partial charge in [-0.15, -0.1) is 0 Å². The van der Waals surface area contributed by atoms with E-state index in [2.05, 4.69) is 26.0 Å². The summed E-state index contributed by atoms with van der Waals surface area (Å²) in [5, 5.41) is 0.